The Hall–Kier alpha value is -3.47. The van der Waals surface area contributed by atoms with Crippen molar-refractivity contribution in [1.82, 2.24) is 20.6 Å². The summed E-state index contributed by atoms with van der Waals surface area (Å²) in [7, 11) is 0. The van der Waals surface area contributed by atoms with Crippen molar-refractivity contribution in [2.75, 3.05) is 6.54 Å². The van der Waals surface area contributed by atoms with Crippen LogP contribution in [0.3, 0.4) is 0 Å². The molecule has 0 fully saturated rings. The minimum Gasteiger partial charge on any atom is -0.390 e. The first-order chi connectivity index (χ1) is 18.1. The number of carbonyl (C=O) groups is 1. The third kappa shape index (κ3) is 6.50. The van der Waals surface area contributed by atoms with E-state index in [9.17, 15) is 23.5 Å². The highest BCUT2D eigenvalue weighted by Crippen LogP contribution is 2.25. The maximum absolute atomic E-state index is 13.8. The number of amides is 1. The topological polar surface area (TPSA) is 107 Å². The van der Waals surface area contributed by atoms with Crippen molar-refractivity contribution in [2.45, 2.75) is 52.3 Å². The Morgan fingerprint density at radius 3 is 2.53 bits per heavy atom. The zero-order chi connectivity index (χ0) is 27.4. The summed E-state index contributed by atoms with van der Waals surface area (Å²) < 4.78 is 27.7. The fourth-order valence-electron chi connectivity index (χ4n) is 4.33. The molecule has 2 atom stereocenters. The van der Waals surface area contributed by atoms with E-state index in [4.69, 9.17) is 0 Å². The second-order valence-corrected chi connectivity index (χ2v) is 10.5. The highest BCUT2D eigenvalue weighted by molar-refractivity contribution is 7.18. The average Bonchev–Trinajstić information content (AvgIpc) is 3.16. The molecule has 0 aliphatic carbocycles. The van der Waals surface area contributed by atoms with Gasteiger partial charge in [-0.15, -0.1) is 11.3 Å². The van der Waals surface area contributed by atoms with E-state index in [1.54, 1.807) is 0 Å². The number of H-pyrrole nitrogens is 1. The van der Waals surface area contributed by atoms with Gasteiger partial charge in [0.05, 0.1) is 17.5 Å². The number of rotatable bonds is 10. The smallest absolute Gasteiger partial charge is 0.287 e. The van der Waals surface area contributed by atoms with Crippen LogP contribution in [0.15, 0.2) is 47.3 Å². The van der Waals surface area contributed by atoms with Crippen LogP contribution in [-0.2, 0) is 19.4 Å². The molecule has 4 N–H and O–H groups in total. The minimum atomic E-state index is -1.11. The van der Waals surface area contributed by atoms with Crippen LogP contribution in [0.25, 0.3) is 10.2 Å². The number of aliphatic hydroxyl groups excluding tert-OH is 1. The quantitative estimate of drug-likeness (QED) is 0.244. The SMILES string of the molecule is CCc1cccc(CNCC(O)C(Cc2cc(F)cc(F)c2)NC(=O)c2nc3sc(C)c(C)c3c(=O)[nH]2)c1. The fourth-order valence-corrected chi connectivity index (χ4v) is 5.36. The molecule has 10 heteroatoms. The highest BCUT2D eigenvalue weighted by atomic mass is 32.1. The number of carbonyl (C=O) groups excluding carboxylic acids is 1. The van der Waals surface area contributed by atoms with E-state index in [0.717, 1.165) is 40.6 Å². The van der Waals surface area contributed by atoms with Gasteiger partial charge in [0, 0.05) is 24.0 Å². The molecule has 0 spiro atoms. The molecule has 7 nitrogen and oxygen atoms in total. The van der Waals surface area contributed by atoms with Gasteiger partial charge in [0.25, 0.3) is 11.5 Å². The molecule has 2 aromatic carbocycles. The lowest BCUT2D eigenvalue weighted by molar-refractivity contribution is 0.0820. The zero-order valence-electron chi connectivity index (χ0n) is 21.4. The molecule has 0 bridgehead atoms. The van der Waals surface area contributed by atoms with Crippen LogP contribution in [0, 0.1) is 25.5 Å². The van der Waals surface area contributed by atoms with E-state index in [2.05, 4.69) is 33.6 Å². The normalized spacial score (nSPS) is 13.0. The van der Waals surface area contributed by atoms with Crippen molar-refractivity contribution in [3.8, 4) is 0 Å². The van der Waals surface area contributed by atoms with Crippen molar-refractivity contribution in [2.24, 2.45) is 0 Å². The number of hydrogen-bond acceptors (Lipinski definition) is 6. The standard InChI is InChI=1S/C28H30F2N4O3S/c1-4-17-6-5-7-18(8-17)13-31-14-23(35)22(11-19-9-20(29)12-21(30)10-19)32-27(37)25-33-26(36)24-15(2)16(3)38-28(24)34-25/h5-10,12,22-23,31,35H,4,11,13-14H2,1-3H3,(H,32,37)(H,33,34,36). The van der Waals surface area contributed by atoms with Gasteiger partial charge in [-0.25, -0.2) is 13.8 Å². The van der Waals surface area contributed by atoms with Crippen molar-refractivity contribution in [3.63, 3.8) is 0 Å². The largest absolute Gasteiger partial charge is 0.390 e. The van der Waals surface area contributed by atoms with Crippen LogP contribution in [0.2, 0.25) is 0 Å². The van der Waals surface area contributed by atoms with Gasteiger partial charge >= 0.3 is 0 Å². The molecule has 0 aliphatic rings. The highest BCUT2D eigenvalue weighted by Gasteiger charge is 2.25. The molecule has 2 unspecified atom stereocenters. The molecule has 0 saturated heterocycles. The van der Waals surface area contributed by atoms with Gasteiger partial charge in [-0.2, -0.15) is 0 Å². The lowest BCUT2D eigenvalue weighted by atomic mass is 10.0. The number of thiophene rings is 1. The second kappa shape index (κ2) is 11.9. The van der Waals surface area contributed by atoms with Crippen molar-refractivity contribution in [3.05, 3.63) is 97.4 Å². The van der Waals surface area contributed by atoms with Crippen molar-refractivity contribution in [1.29, 1.82) is 0 Å². The lowest BCUT2D eigenvalue weighted by Crippen LogP contribution is -2.49. The van der Waals surface area contributed by atoms with E-state index in [-0.39, 0.29) is 24.4 Å². The number of hydrogen-bond donors (Lipinski definition) is 4. The predicted molar refractivity (Wildman–Crippen MR) is 145 cm³/mol. The average molecular weight is 541 g/mol. The summed E-state index contributed by atoms with van der Waals surface area (Å²) in [5.74, 6) is -2.42. The Morgan fingerprint density at radius 2 is 1.82 bits per heavy atom. The number of nitrogens with one attached hydrogen (secondary N) is 3. The van der Waals surface area contributed by atoms with Gasteiger partial charge in [0.2, 0.25) is 5.82 Å². The van der Waals surface area contributed by atoms with Crippen LogP contribution >= 0.6 is 11.3 Å². The van der Waals surface area contributed by atoms with Crippen LogP contribution in [0.5, 0.6) is 0 Å². The molecule has 1 amide bonds. The third-order valence-electron chi connectivity index (χ3n) is 6.50. The molecule has 200 valence electrons. The van der Waals surface area contributed by atoms with Gasteiger partial charge in [0.1, 0.15) is 16.5 Å². The van der Waals surface area contributed by atoms with Crippen molar-refractivity contribution < 1.29 is 18.7 Å². The molecular formula is C28H30F2N4O3S. The summed E-state index contributed by atoms with van der Waals surface area (Å²) in [6.07, 6.45) is -0.249. The van der Waals surface area contributed by atoms with Gasteiger partial charge in [-0.1, -0.05) is 31.2 Å². The maximum atomic E-state index is 13.8. The minimum absolute atomic E-state index is 0.0434. The predicted octanol–water partition coefficient (Wildman–Crippen LogP) is 3.93. The van der Waals surface area contributed by atoms with Crippen molar-refractivity contribution >= 4 is 27.5 Å². The van der Waals surface area contributed by atoms with E-state index in [1.165, 1.54) is 16.9 Å². The maximum Gasteiger partial charge on any atom is 0.287 e. The molecule has 0 radical (unpaired) electrons. The Kier molecular flexibility index (Phi) is 8.65. The number of aryl methyl sites for hydroxylation is 3. The second-order valence-electron chi connectivity index (χ2n) is 9.31. The molecule has 2 heterocycles. The van der Waals surface area contributed by atoms with E-state index >= 15 is 0 Å². The van der Waals surface area contributed by atoms with Gasteiger partial charge in [-0.3, -0.25) is 9.59 Å². The fraction of sp³-hybridized carbons (Fsp3) is 0.321. The first-order valence-electron chi connectivity index (χ1n) is 12.4. The Balaban J connectivity index is 1.53. The van der Waals surface area contributed by atoms with Gasteiger partial charge < -0.3 is 20.7 Å². The van der Waals surface area contributed by atoms with E-state index in [0.29, 0.717) is 16.8 Å². The van der Waals surface area contributed by atoms with E-state index < -0.39 is 35.2 Å². The summed E-state index contributed by atoms with van der Waals surface area (Å²) in [5, 5.41) is 17.3. The molecule has 2 aromatic heterocycles. The summed E-state index contributed by atoms with van der Waals surface area (Å²) in [5.41, 5.74) is 2.88. The lowest BCUT2D eigenvalue weighted by Gasteiger charge is -2.25. The summed E-state index contributed by atoms with van der Waals surface area (Å²) in [6, 6.07) is 10.2. The first kappa shape index (κ1) is 27.6. The van der Waals surface area contributed by atoms with Crippen LogP contribution in [0.4, 0.5) is 8.78 Å². The number of halogens is 2. The van der Waals surface area contributed by atoms with Gasteiger partial charge in [-0.05, 0) is 61.1 Å². The Morgan fingerprint density at radius 1 is 1.11 bits per heavy atom. The van der Waals surface area contributed by atoms with E-state index in [1.807, 2.05) is 32.0 Å². The summed E-state index contributed by atoms with van der Waals surface area (Å²) in [4.78, 5) is 33.9. The van der Waals surface area contributed by atoms with Crippen LogP contribution in [0.1, 0.15) is 44.7 Å². The Labute approximate surface area is 223 Å². The van der Waals surface area contributed by atoms with Crippen LogP contribution < -0.4 is 16.2 Å². The molecule has 38 heavy (non-hydrogen) atoms. The number of nitrogens with zero attached hydrogens (tertiary/aromatic N) is 1. The summed E-state index contributed by atoms with van der Waals surface area (Å²) >= 11 is 1.31. The monoisotopic (exact) mass is 540 g/mol. The zero-order valence-corrected chi connectivity index (χ0v) is 22.2. The molecule has 4 rings (SSSR count). The first-order valence-corrected chi connectivity index (χ1v) is 13.2. The number of aliphatic hydroxyl groups is 1. The van der Waals surface area contributed by atoms with Crippen LogP contribution in [-0.4, -0.2) is 39.7 Å². The number of aromatic amines is 1. The molecule has 4 aromatic rings. The number of benzene rings is 2. The molecule has 0 saturated carbocycles. The molecule has 0 aliphatic heterocycles. The Bertz CT molecular complexity index is 1500. The molecular weight excluding hydrogens is 510 g/mol. The summed E-state index contributed by atoms with van der Waals surface area (Å²) in [6.45, 7) is 6.35. The third-order valence-corrected chi connectivity index (χ3v) is 7.60. The number of aromatic nitrogens is 2. The number of fused-ring (bicyclic) bond motifs is 1. The van der Waals surface area contributed by atoms with Gasteiger partial charge in [0.15, 0.2) is 0 Å².